The van der Waals surface area contributed by atoms with E-state index in [1.165, 1.54) is 20.3 Å². The fraction of sp³-hybridized carbons (Fsp3) is 0.294. The Kier molecular flexibility index (Phi) is 6.23. The van der Waals surface area contributed by atoms with E-state index in [9.17, 15) is 8.42 Å². The maximum absolute atomic E-state index is 12.5. The van der Waals surface area contributed by atoms with Crippen molar-refractivity contribution in [2.24, 2.45) is 0 Å². The van der Waals surface area contributed by atoms with Crippen molar-refractivity contribution in [1.82, 2.24) is 4.72 Å². The number of halogens is 1. The quantitative estimate of drug-likeness (QED) is 0.813. The Morgan fingerprint density at radius 3 is 2.46 bits per heavy atom. The maximum atomic E-state index is 12.5. The summed E-state index contributed by atoms with van der Waals surface area (Å²) in [6, 6.07) is 12.0. The van der Waals surface area contributed by atoms with Gasteiger partial charge in [-0.25, -0.2) is 13.1 Å². The zero-order valence-corrected chi connectivity index (χ0v) is 15.3. The number of aryl methyl sites for hydroxylation is 1. The van der Waals surface area contributed by atoms with E-state index in [4.69, 9.17) is 21.1 Å². The molecule has 0 unspecified atom stereocenters. The molecule has 0 amide bonds. The first-order valence-corrected chi connectivity index (χ1v) is 9.16. The van der Waals surface area contributed by atoms with E-state index in [0.717, 1.165) is 5.56 Å². The van der Waals surface area contributed by atoms with Gasteiger partial charge in [-0.3, -0.25) is 0 Å². The molecule has 0 aliphatic rings. The van der Waals surface area contributed by atoms with Gasteiger partial charge in [-0.1, -0.05) is 29.8 Å². The molecule has 0 aliphatic carbocycles. The van der Waals surface area contributed by atoms with Crippen LogP contribution in [0.5, 0.6) is 5.75 Å². The fourth-order valence-corrected chi connectivity index (χ4v) is 3.88. The van der Waals surface area contributed by atoms with Crippen LogP contribution in [0.25, 0.3) is 0 Å². The second kappa shape index (κ2) is 7.98. The summed E-state index contributed by atoms with van der Waals surface area (Å²) in [5, 5.41) is 0.532. The van der Waals surface area contributed by atoms with Gasteiger partial charge in [-0.15, -0.1) is 0 Å². The highest BCUT2D eigenvalue weighted by atomic mass is 35.5. The Hall–Kier alpha value is -1.60. The largest absolute Gasteiger partial charge is 0.497 e. The van der Waals surface area contributed by atoms with Crippen LogP contribution in [0.4, 0.5) is 0 Å². The second-order valence-electron chi connectivity index (χ2n) is 5.23. The van der Waals surface area contributed by atoms with Gasteiger partial charge >= 0.3 is 0 Å². The molecule has 0 spiro atoms. The van der Waals surface area contributed by atoms with Crippen molar-refractivity contribution in [3.8, 4) is 5.75 Å². The third-order valence-corrected chi connectivity index (χ3v) is 5.59. The zero-order valence-electron chi connectivity index (χ0n) is 13.7. The minimum absolute atomic E-state index is 0.0774. The number of benzene rings is 2. The smallest absolute Gasteiger partial charge is 0.240 e. The summed E-state index contributed by atoms with van der Waals surface area (Å²) < 4.78 is 38.2. The van der Waals surface area contributed by atoms with Gasteiger partial charge < -0.3 is 9.47 Å². The lowest BCUT2D eigenvalue weighted by Gasteiger charge is -2.18. The Bertz CT molecular complexity index is 808. The van der Waals surface area contributed by atoms with Crippen LogP contribution in [0.2, 0.25) is 5.02 Å². The molecule has 7 heteroatoms. The molecule has 0 aromatic heterocycles. The number of hydrogen-bond acceptors (Lipinski definition) is 4. The summed E-state index contributed by atoms with van der Waals surface area (Å²) in [5.41, 5.74) is 1.34. The van der Waals surface area contributed by atoms with Gasteiger partial charge in [0.25, 0.3) is 0 Å². The van der Waals surface area contributed by atoms with Crippen molar-refractivity contribution in [2.45, 2.75) is 17.9 Å². The molecular formula is C17H20ClNO4S. The second-order valence-corrected chi connectivity index (χ2v) is 7.37. The van der Waals surface area contributed by atoms with E-state index in [-0.39, 0.29) is 11.4 Å². The average molecular weight is 370 g/mol. The van der Waals surface area contributed by atoms with Crippen molar-refractivity contribution in [3.63, 3.8) is 0 Å². The molecule has 1 atom stereocenters. The summed E-state index contributed by atoms with van der Waals surface area (Å²) >= 11 is 6.15. The summed E-state index contributed by atoms with van der Waals surface area (Å²) in [6.07, 6.45) is -0.480. The fourth-order valence-electron chi connectivity index (χ4n) is 2.37. The van der Waals surface area contributed by atoms with E-state index in [1.54, 1.807) is 25.1 Å². The van der Waals surface area contributed by atoms with Crippen LogP contribution < -0.4 is 9.46 Å². The Morgan fingerprint density at radius 1 is 1.17 bits per heavy atom. The minimum atomic E-state index is -3.67. The van der Waals surface area contributed by atoms with Crippen LogP contribution in [0, 0.1) is 6.92 Å². The predicted octanol–water partition coefficient (Wildman–Crippen LogP) is 3.32. The van der Waals surface area contributed by atoms with Crippen LogP contribution in [0.3, 0.4) is 0 Å². The van der Waals surface area contributed by atoms with Crippen LogP contribution in [-0.2, 0) is 14.8 Å². The molecule has 24 heavy (non-hydrogen) atoms. The Morgan fingerprint density at radius 2 is 1.88 bits per heavy atom. The molecule has 0 fully saturated rings. The van der Waals surface area contributed by atoms with Crippen LogP contribution in [0.1, 0.15) is 17.2 Å². The van der Waals surface area contributed by atoms with Gasteiger partial charge in [0.2, 0.25) is 10.0 Å². The Labute approximate surface area is 147 Å². The monoisotopic (exact) mass is 369 g/mol. The SMILES string of the molecule is COc1ccc(S(=O)(=O)NC[C@H](OC)c2ccccc2Cl)c(C)c1. The van der Waals surface area contributed by atoms with E-state index in [1.807, 2.05) is 18.2 Å². The van der Waals surface area contributed by atoms with Crippen molar-refractivity contribution in [1.29, 1.82) is 0 Å². The number of nitrogens with one attached hydrogen (secondary N) is 1. The molecular weight excluding hydrogens is 350 g/mol. The molecule has 0 heterocycles. The van der Waals surface area contributed by atoms with Crippen molar-refractivity contribution in [3.05, 3.63) is 58.6 Å². The van der Waals surface area contributed by atoms with Crippen LogP contribution in [-0.4, -0.2) is 29.2 Å². The normalized spacial score (nSPS) is 12.8. The van der Waals surface area contributed by atoms with E-state index in [0.29, 0.717) is 16.3 Å². The predicted molar refractivity (Wildman–Crippen MR) is 94.1 cm³/mol. The summed E-state index contributed by atoms with van der Waals surface area (Å²) in [7, 11) is -0.620. The third-order valence-electron chi connectivity index (χ3n) is 3.67. The van der Waals surface area contributed by atoms with Crippen LogP contribution in [0.15, 0.2) is 47.4 Å². The molecule has 130 valence electrons. The highest BCUT2D eigenvalue weighted by Gasteiger charge is 2.21. The van der Waals surface area contributed by atoms with Crippen molar-refractivity contribution >= 4 is 21.6 Å². The first-order chi connectivity index (χ1) is 11.4. The zero-order chi connectivity index (χ0) is 17.7. The summed E-state index contributed by atoms with van der Waals surface area (Å²) in [5.74, 6) is 0.609. The molecule has 2 aromatic carbocycles. The molecule has 0 aliphatic heterocycles. The number of rotatable bonds is 7. The lowest BCUT2D eigenvalue weighted by atomic mass is 10.1. The lowest BCUT2D eigenvalue weighted by Crippen LogP contribution is -2.29. The van der Waals surface area contributed by atoms with Gasteiger partial charge in [-0.2, -0.15) is 0 Å². The molecule has 1 N–H and O–H groups in total. The van der Waals surface area contributed by atoms with Gasteiger partial charge in [-0.05, 0) is 36.8 Å². The molecule has 2 rings (SSSR count). The topological polar surface area (TPSA) is 64.6 Å². The molecule has 0 saturated carbocycles. The van der Waals surface area contributed by atoms with E-state index >= 15 is 0 Å². The third kappa shape index (κ3) is 4.27. The lowest BCUT2D eigenvalue weighted by molar-refractivity contribution is 0.107. The molecule has 2 aromatic rings. The van der Waals surface area contributed by atoms with Crippen molar-refractivity contribution in [2.75, 3.05) is 20.8 Å². The summed E-state index contributed by atoms with van der Waals surface area (Å²) in [6.45, 7) is 1.80. The average Bonchev–Trinajstić information content (AvgIpc) is 2.56. The van der Waals surface area contributed by atoms with Gasteiger partial charge in [0.1, 0.15) is 5.75 Å². The standard InChI is InChI=1S/C17H20ClNO4S/c1-12-10-13(22-2)8-9-17(12)24(20,21)19-11-16(23-3)14-6-4-5-7-15(14)18/h4-10,16,19H,11H2,1-3H3/t16-/m0/s1. The Balaban J connectivity index is 2.19. The first-order valence-electron chi connectivity index (χ1n) is 7.30. The number of hydrogen-bond donors (Lipinski definition) is 1. The molecule has 0 radical (unpaired) electrons. The van der Waals surface area contributed by atoms with Gasteiger partial charge in [0.05, 0.1) is 18.1 Å². The van der Waals surface area contributed by atoms with Crippen LogP contribution >= 0.6 is 11.6 Å². The molecule has 0 bridgehead atoms. The summed E-state index contributed by atoms with van der Waals surface area (Å²) in [4.78, 5) is 0.206. The van der Waals surface area contributed by atoms with Gasteiger partial charge in [0, 0.05) is 24.2 Å². The number of methoxy groups -OCH3 is 2. The van der Waals surface area contributed by atoms with E-state index in [2.05, 4.69) is 4.72 Å². The highest BCUT2D eigenvalue weighted by Crippen LogP contribution is 2.25. The number of ether oxygens (including phenoxy) is 2. The van der Waals surface area contributed by atoms with E-state index < -0.39 is 16.1 Å². The van der Waals surface area contributed by atoms with Crippen molar-refractivity contribution < 1.29 is 17.9 Å². The maximum Gasteiger partial charge on any atom is 0.240 e. The first kappa shape index (κ1) is 18.7. The number of sulfonamides is 1. The minimum Gasteiger partial charge on any atom is -0.497 e. The molecule has 0 saturated heterocycles. The molecule has 5 nitrogen and oxygen atoms in total. The highest BCUT2D eigenvalue weighted by molar-refractivity contribution is 7.89. The van der Waals surface area contributed by atoms with Gasteiger partial charge in [0.15, 0.2) is 0 Å².